The Morgan fingerprint density at radius 3 is 2.63 bits per heavy atom. The third kappa shape index (κ3) is 2.84. The van der Waals surface area contributed by atoms with Crippen LogP contribution in [0.1, 0.15) is 34.7 Å². The quantitative estimate of drug-likeness (QED) is 0.518. The van der Waals surface area contributed by atoms with Crippen LogP contribution in [0.25, 0.3) is 0 Å². The van der Waals surface area contributed by atoms with Gasteiger partial charge < -0.3 is 9.47 Å². The van der Waals surface area contributed by atoms with E-state index in [0.29, 0.717) is 0 Å². The van der Waals surface area contributed by atoms with Gasteiger partial charge in [-0.05, 0) is 46.3 Å². The maximum Gasteiger partial charge on any atom is 0.217 e. The lowest BCUT2D eigenvalue weighted by molar-refractivity contribution is -0.0203. The monoisotopic (exact) mass is 440 g/mol. The topological polar surface area (TPSA) is 34.1 Å². The number of thiophene rings is 1. The molecule has 0 amide bonds. The molecule has 0 radical (unpaired) electrons. The molecule has 5 rings (SSSR count). The van der Waals surface area contributed by atoms with Gasteiger partial charge in [0, 0.05) is 12.0 Å². The van der Waals surface area contributed by atoms with E-state index >= 15 is 0 Å². The predicted molar refractivity (Wildman–Crippen MR) is 111 cm³/mol. The summed E-state index contributed by atoms with van der Waals surface area (Å²) in [6, 6.07) is 20.6. The second kappa shape index (κ2) is 6.69. The zero-order chi connectivity index (χ0) is 18.4. The van der Waals surface area contributed by atoms with Crippen molar-refractivity contribution in [3.63, 3.8) is 0 Å². The van der Waals surface area contributed by atoms with Crippen molar-refractivity contribution in [2.45, 2.75) is 18.7 Å². The lowest BCUT2D eigenvalue weighted by atomic mass is 9.97. The van der Waals surface area contributed by atoms with E-state index in [1.54, 1.807) is 18.4 Å². The van der Waals surface area contributed by atoms with Crippen LogP contribution in [-0.4, -0.2) is 17.8 Å². The lowest BCUT2D eigenvalue weighted by Crippen LogP contribution is -2.33. The number of nitrogens with zero attached hydrogens (tertiary/aromatic N) is 2. The number of hydrogen-bond donors (Lipinski definition) is 0. The van der Waals surface area contributed by atoms with Gasteiger partial charge in [-0.1, -0.05) is 30.3 Å². The number of halogens is 1. The van der Waals surface area contributed by atoms with Crippen LogP contribution >= 0.6 is 27.3 Å². The van der Waals surface area contributed by atoms with E-state index in [1.165, 1.54) is 10.4 Å². The molecule has 0 saturated heterocycles. The molecule has 0 fully saturated rings. The van der Waals surface area contributed by atoms with Gasteiger partial charge in [0.15, 0.2) is 0 Å². The minimum atomic E-state index is -0.318. The molecule has 0 aliphatic carbocycles. The molecular formula is C21H17BrN2O2S. The number of fused-ring (bicyclic) bond motifs is 3. The van der Waals surface area contributed by atoms with Crippen molar-refractivity contribution >= 4 is 33.0 Å². The summed E-state index contributed by atoms with van der Waals surface area (Å²) in [5, 5.41) is 7.07. The van der Waals surface area contributed by atoms with Gasteiger partial charge in [-0.2, -0.15) is 5.10 Å². The molecule has 1 aromatic heterocycles. The zero-order valence-electron chi connectivity index (χ0n) is 14.6. The van der Waals surface area contributed by atoms with Crippen molar-refractivity contribution < 1.29 is 9.47 Å². The summed E-state index contributed by atoms with van der Waals surface area (Å²) in [6.45, 7) is 0. The molecule has 4 nitrogen and oxygen atoms in total. The Morgan fingerprint density at radius 2 is 1.85 bits per heavy atom. The highest BCUT2D eigenvalue weighted by Crippen LogP contribution is 2.49. The maximum absolute atomic E-state index is 6.40. The molecule has 3 heterocycles. The summed E-state index contributed by atoms with van der Waals surface area (Å²) < 4.78 is 13.1. The van der Waals surface area contributed by atoms with E-state index in [4.69, 9.17) is 14.6 Å². The van der Waals surface area contributed by atoms with E-state index in [2.05, 4.69) is 45.2 Å². The fourth-order valence-corrected chi connectivity index (χ4v) is 5.11. The molecular weight excluding hydrogens is 424 g/mol. The summed E-state index contributed by atoms with van der Waals surface area (Å²) in [5.74, 6) is 1.72. The Kier molecular flexibility index (Phi) is 4.17. The molecule has 136 valence electrons. The Morgan fingerprint density at radius 1 is 1.07 bits per heavy atom. The van der Waals surface area contributed by atoms with Gasteiger partial charge in [0.05, 0.1) is 33.1 Å². The first-order valence-electron chi connectivity index (χ1n) is 8.74. The van der Waals surface area contributed by atoms with Gasteiger partial charge in [-0.3, -0.25) is 0 Å². The van der Waals surface area contributed by atoms with Crippen LogP contribution in [0.2, 0.25) is 0 Å². The first-order valence-corrected chi connectivity index (χ1v) is 10.4. The smallest absolute Gasteiger partial charge is 0.217 e. The highest BCUT2D eigenvalue weighted by molar-refractivity contribution is 9.11. The fourth-order valence-electron chi connectivity index (χ4n) is 3.73. The summed E-state index contributed by atoms with van der Waals surface area (Å²) in [5.41, 5.74) is 3.26. The van der Waals surface area contributed by atoms with Gasteiger partial charge in [-0.15, -0.1) is 11.3 Å². The van der Waals surface area contributed by atoms with Crippen LogP contribution in [0, 0.1) is 0 Å². The van der Waals surface area contributed by atoms with Crippen LogP contribution in [0.5, 0.6) is 11.5 Å². The third-order valence-electron chi connectivity index (χ3n) is 4.96. The number of hydrazone groups is 1. The molecule has 27 heavy (non-hydrogen) atoms. The van der Waals surface area contributed by atoms with Gasteiger partial charge in [0.2, 0.25) is 6.23 Å². The van der Waals surface area contributed by atoms with Gasteiger partial charge >= 0.3 is 0 Å². The van der Waals surface area contributed by atoms with Crippen molar-refractivity contribution in [1.29, 1.82) is 0 Å². The second-order valence-electron chi connectivity index (χ2n) is 6.50. The Labute approximate surface area is 170 Å². The number of rotatable bonds is 3. The predicted octanol–water partition coefficient (Wildman–Crippen LogP) is 5.76. The average Bonchev–Trinajstić information content (AvgIpc) is 3.34. The molecule has 2 aromatic carbocycles. The normalized spacial score (nSPS) is 20.5. The number of hydrogen-bond acceptors (Lipinski definition) is 5. The van der Waals surface area contributed by atoms with E-state index in [1.807, 2.05) is 36.4 Å². The number of methoxy groups -OCH3 is 1. The number of ether oxygens (including phenoxy) is 2. The van der Waals surface area contributed by atoms with Crippen molar-refractivity contribution in [2.24, 2.45) is 5.10 Å². The Bertz CT molecular complexity index is 1030. The van der Waals surface area contributed by atoms with Gasteiger partial charge in [0.25, 0.3) is 0 Å². The van der Waals surface area contributed by atoms with Crippen LogP contribution < -0.4 is 9.47 Å². The molecule has 0 bridgehead atoms. The standard InChI is InChI=1S/C21H17BrN2O2S/c1-25-17-8-4-3-7-14(17)21-24-16(13-6-2-5-9-18(13)26-21)12-15(23-24)19-10-11-20(22)27-19/h2-11,16,21H,12H2,1H3/t16-,21+/m1/s1. The molecule has 2 aliphatic heterocycles. The summed E-state index contributed by atoms with van der Waals surface area (Å²) in [4.78, 5) is 1.19. The minimum Gasteiger partial charge on any atom is -0.496 e. The number of benzene rings is 2. The zero-order valence-corrected chi connectivity index (χ0v) is 17.0. The molecule has 0 unspecified atom stereocenters. The Balaban J connectivity index is 1.62. The third-order valence-corrected chi connectivity index (χ3v) is 6.63. The van der Waals surface area contributed by atoms with Crippen LogP contribution in [0.3, 0.4) is 0 Å². The van der Waals surface area contributed by atoms with Crippen LogP contribution in [0.15, 0.2) is 69.6 Å². The molecule has 2 aliphatic rings. The van der Waals surface area contributed by atoms with Crippen molar-refractivity contribution in [3.05, 3.63) is 80.5 Å². The van der Waals surface area contributed by atoms with E-state index in [-0.39, 0.29) is 12.3 Å². The minimum absolute atomic E-state index is 0.153. The van der Waals surface area contributed by atoms with E-state index in [0.717, 1.165) is 33.0 Å². The highest BCUT2D eigenvalue weighted by Gasteiger charge is 2.41. The van der Waals surface area contributed by atoms with Crippen molar-refractivity contribution in [2.75, 3.05) is 7.11 Å². The first-order chi connectivity index (χ1) is 13.2. The largest absolute Gasteiger partial charge is 0.496 e. The fraction of sp³-hybridized carbons (Fsp3) is 0.190. The SMILES string of the molecule is COc1ccccc1[C@@H]1Oc2ccccc2[C@H]2CC(c3ccc(Br)s3)=NN21. The summed E-state index contributed by atoms with van der Waals surface area (Å²) >= 11 is 5.27. The number of para-hydroxylation sites is 2. The van der Waals surface area contributed by atoms with E-state index in [9.17, 15) is 0 Å². The second-order valence-corrected chi connectivity index (χ2v) is 8.96. The summed E-state index contributed by atoms with van der Waals surface area (Å²) in [7, 11) is 1.69. The maximum atomic E-state index is 6.40. The molecule has 6 heteroatoms. The molecule has 0 spiro atoms. The van der Waals surface area contributed by atoms with E-state index < -0.39 is 0 Å². The first kappa shape index (κ1) is 16.8. The highest BCUT2D eigenvalue weighted by atomic mass is 79.9. The average molecular weight is 441 g/mol. The van der Waals surface area contributed by atoms with Crippen LogP contribution in [0.4, 0.5) is 0 Å². The van der Waals surface area contributed by atoms with Crippen molar-refractivity contribution in [3.8, 4) is 11.5 Å². The molecule has 2 atom stereocenters. The van der Waals surface area contributed by atoms with Crippen LogP contribution in [-0.2, 0) is 0 Å². The van der Waals surface area contributed by atoms with Crippen molar-refractivity contribution in [1.82, 2.24) is 5.01 Å². The molecule has 0 N–H and O–H groups in total. The Hall–Kier alpha value is -2.31. The molecule has 0 saturated carbocycles. The molecule has 3 aromatic rings. The summed E-state index contributed by atoms with van der Waals surface area (Å²) in [6.07, 6.45) is 0.542. The van der Waals surface area contributed by atoms with Gasteiger partial charge in [0.1, 0.15) is 11.5 Å². The lowest BCUT2D eigenvalue weighted by Gasteiger charge is -2.38. The van der Waals surface area contributed by atoms with Gasteiger partial charge in [-0.25, -0.2) is 5.01 Å².